The molecule has 1 aromatic carbocycles. The first-order chi connectivity index (χ1) is 11.0. The number of phenolic OH excluding ortho intramolecular Hbond substituents is 1. The summed E-state index contributed by atoms with van der Waals surface area (Å²) in [5.74, 6) is -0.789. The number of aliphatic imine (C=N–C) groups is 1. The summed E-state index contributed by atoms with van der Waals surface area (Å²) in [6.45, 7) is 0.632. The normalized spacial score (nSPS) is 11.0. The zero-order valence-corrected chi connectivity index (χ0v) is 12.3. The van der Waals surface area contributed by atoms with Crippen LogP contribution in [0.4, 0.5) is 5.69 Å². The number of nitrogens with zero attached hydrogens (tertiary/aromatic N) is 3. The Kier molecular flexibility index (Phi) is 6.98. The van der Waals surface area contributed by atoms with Crippen LogP contribution in [-0.4, -0.2) is 53.8 Å². The van der Waals surface area contributed by atoms with E-state index >= 15 is 0 Å². The summed E-state index contributed by atoms with van der Waals surface area (Å²) in [7, 11) is 1.29. The highest BCUT2D eigenvalue weighted by Gasteiger charge is 2.15. The van der Waals surface area contributed by atoms with Crippen LogP contribution in [0, 0.1) is 10.1 Å². The monoisotopic (exact) mass is 324 g/mol. The van der Waals surface area contributed by atoms with E-state index in [2.05, 4.69) is 15.5 Å². The Balaban J connectivity index is 2.64. The Hall–Kier alpha value is -3.17. The van der Waals surface area contributed by atoms with Crippen molar-refractivity contribution in [2.75, 3.05) is 20.2 Å². The first kappa shape index (κ1) is 17.9. The number of nitrogens with one attached hydrogen (secondary N) is 1. The van der Waals surface area contributed by atoms with Gasteiger partial charge in [-0.15, -0.1) is 0 Å². The molecule has 0 radical (unpaired) electrons. The van der Waals surface area contributed by atoms with Gasteiger partial charge in [-0.25, -0.2) is 0 Å². The fourth-order valence-electron chi connectivity index (χ4n) is 1.62. The van der Waals surface area contributed by atoms with Crippen LogP contribution in [-0.2, 0) is 4.79 Å². The predicted molar refractivity (Wildman–Crippen MR) is 81.7 cm³/mol. The molecule has 0 aliphatic rings. The minimum Gasteiger partial charge on any atom is -0.504 e. The maximum atomic E-state index is 10.9. The largest absolute Gasteiger partial charge is 0.504 e. The van der Waals surface area contributed by atoms with E-state index in [1.165, 1.54) is 19.4 Å². The van der Waals surface area contributed by atoms with Crippen LogP contribution >= 0.6 is 0 Å². The average Bonchev–Trinajstić information content (AvgIpc) is 2.52. The van der Waals surface area contributed by atoms with Crippen LogP contribution in [0.25, 0.3) is 0 Å². The van der Waals surface area contributed by atoms with Gasteiger partial charge in [0.25, 0.3) is 11.6 Å². The van der Waals surface area contributed by atoms with E-state index in [1.54, 1.807) is 0 Å². The summed E-state index contributed by atoms with van der Waals surface area (Å²) >= 11 is 0. The van der Waals surface area contributed by atoms with Crippen LogP contribution in [0.2, 0.25) is 0 Å². The Labute approximate surface area is 131 Å². The molecule has 0 spiro atoms. The number of ether oxygens (including phenoxy) is 1. The summed E-state index contributed by atoms with van der Waals surface area (Å²) < 4.78 is 4.87. The molecule has 10 heteroatoms. The average molecular weight is 324 g/mol. The molecule has 0 fully saturated rings. The Morgan fingerprint density at radius 2 is 2.26 bits per heavy atom. The lowest BCUT2D eigenvalue weighted by molar-refractivity contribution is -0.385. The number of nitro groups is 1. The van der Waals surface area contributed by atoms with Crippen molar-refractivity contribution in [3.8, 4) is 11.5 Å². The molecule has 0 saturated carbocycles. The number of benzene rings is 1. The second kappa shape index (κ2) is 8.97. The van der Waals surface area contributed by atoms with Crippen molar-refractivity contribution in [3.05, 3.63) is 27.8 Å². The quantitative estimate of drug-likeness (QED) is 0.211. The van der Waals surface area contributed by atoms with Crippen LogP contribution < -0.4 is 10.1 Å². The molecule has 0 bridgehead atoms. The molecule has 0 unspecified atom stereocenters. The topological polar surface area (TPSA) is 147 Å². The number of hydrogen-bond acceptors (Lipinski definition) is 8. The molecule has 1 amide bonds. The lowest BCUT2D eigenvalue weighted by Crippen LogP contribution is -2.25. The molecule has 3 N–H and O–H groups in total. The van der Waals surface area contributed by atoms with Gasteiger partial charge in [-0.1, -0.05) is 5.16 Å². The Morgan fingerprint density at radius 1 is 1.52 bits per heavy atom. The van der Waals surface area contributed by atoms with Gasteiger partial charge in [0, 0.05) is 30.9 Å². The van der Waals surface area contributed by atoms with E-state index in [-0.39, 0.29) is 22.7 Å². The molecule has 0 saturated heterocycles. The lowest BCUT2D eigenvalue weighted by atomic mass is 10.1. The van der Waals surface area contributed by atoms with Crippen LogP contribution in [0.15, 0.2) is 22.3 Å². The lowest BCUT2D eigenvalue weighted by Gasteiger charge is -2.06. The third kappa shape index (κ3) is 5.61. The molecule has 0 aliphatic carbocycles. The van der Waals surface area contributed by atoms with Crippen LogP contribution in [0.5, 0.6) is 11.5 Å². The minimum atomic E-state index is -0.600. The molecule has 0 aromatic heterocycles. The van der Waals surface area contributed by atoms with Gasteiger partial charge in [0.15, 0.2) is 11.5 Å². The van der Waals surface area contributed by atoms with E-state index < -0.39 is 10.8 Å². The number of hydrogen-bond donors (Lipinski definition) is 3. The summed E-state index contributed by atoms with van der Waals surface area (Å²) in [5, 5.41) is 33.9. The molecule has 23 heavy (non-hydrogen) atoms. The maximum Gasteiger partial charge on any atom is 0.274 e. The highest BCUT2D eigenvalue weighted by Crippen LogP contribution is 2.33. The minimum absolute atomic E-state index is 0.0174. The van der Waals surface area contributed by atoms with Crippen molar-refractivity contribution < 1.29 is 24.8 Å². The number of carbonyl (C=O) groups is 1. The van der Waals surface area contributed by atoms with Crippen molar-refractivity contribution in [2.45, 2.75) is 6.42 Å². The van der Waals surface area contributed by atoms with Gasteiger partial charge in [0.05, 0.1) is 18.1 Å². The molecule has 1 aromatic rings. The van der Waals surface area contributed by atoms with Crippen LogP contribution in [0.1, 0.15) is 12.0 Å². The number of rotatable bonds is 8. The number of amides is 1. The molecular weight excluding hydrogens is 308 g/mol. The van der Waals surface area contributed by atoms with Crippen LogP contribution in [0.3, 0.4) is 0 Å². The van der Waals surface area contributed by atoms with Crippen molar-refractivity contribution in [2.24, 2.45) is 10.1 Å². The van der Waals surface area contributed by atoms with Gasteiger partial charge in [-0.3, -0.25) is 19.9 Å². The van der Waals surface area contributed by atoms with E-state index in [4.69, 9.17) is 9.94 Å². The molecular formula is C13H16N4O6. The summed E-state index contributed by atoms with van der Waals surface area (Å²) in [6.07, 6.45) is 2.52. The SMILES string of the molecule is COc1cc([N+](=O)[O-])cc(C=NCCCNC(=O)/C=N\O)c1O. The van der Waals surface area contributed by atoms with Gasteiger partial charge >= 0.3 is 0 Å². The summed E-state index contributed by atoms with van der Waals surface area (Å²) in [5.41, 5.74) is -0.0656. The van der Waals surface area contributed by atoms with E-state index in [9.17, 15) is 20.0 Å². The van der Waals surface area contributed by atoms with Crippen molar-refractivity contribution in [1.82, 2.24) is 5.32 Å². The first-order valence-corrected chi connectivity index (χ1v) is 6.50. The van der Waals surface area contributed by atoms with Gasteiger partial charge in [-0.2, -0.15) is 0 Å². The molecule has 0 atom stereocenters. The van der Waals surface area contributed by atoms with Crippen molar-refractivity contribution in [3.63, 3.8) is 0 Å². The van der Waals surface area contributed by atoms with E-state index in [0.29, 0.717) is 19.5 Å². The number of carbonyl (C=O) groups excluding carboxylic acids is 1. The first-order valence-electron chi connectivity index (χ1n) is 6.50. The third-order valence-electron chi connectivity index (χ3n) is 2.69. The number of oxime groups is 1. The zero-order valence-electron chi connectivity index (χ0n) is 12.3. The summed E-state index contributed by atoms with van der Waals surface area (Å²) in [6, 6.07) is 2.30. The molecule has 0 heterocycles. The van der Waals surface area contributed by atoms with Gasteiger partial charge in [0.1, 0.15) is 6.21 Å². The van der Waals surface area contributed by atoms with Gasteiger partial charge in [0.2, 0.25) is 0 Å². The third-order valence-corrected chi connectivity index (χ3v) is 2.69. The second-order valence-electron chi connectivity index (χ2n) is 4.27. The van der Waals surface area contributed by atoms with E-state index in [1.807, 2.05) is 0 Å². The van der Waals surface area contributed by atoms with Crippen molar-refractivity contribution in [1.29, 1.82) is 0 Å². The fraction of sp³-hybridized carbons (Fsp3) is 0.308. The number of nitro benzene ring substituents is 1. The van der Waals surface area contributed by atoms with E-state index in [0.717, 1.165) is 12.3 Å². The standard InChI is InChI=1S/C13H16N4O6/c1-23-11-6-10(17(21)22)5-9(13(11)19)7-14-3-2-4-15-12(18)8-16-20/h5-8,19-20H,2-4H2,1H3,(H,15,18)/b14-7?,16-8-. The summed E-state index contributed by atoms with van der Waals surface area (Å²) in [4.78, 5) is 25.2. The predicted octanol–water partition coefficient (Wildman–Crippen LogP) is 0.694. The number of phenols is 1. The Morgan fingerprint density at radius 3 is 2.87 bits per heavy atom. The highest BCUT2D eigenvalue weighted by molar-refractivity contribution is 6.25. The molecule has 0 aliphatic heterocycles. The Bertz CT molecular complexity index is 629. The van der Waals surface area contributed by atoms with Gasteiger partial charge in [-0.05, 0) is 6.42 Å². The number of methoxy groups -OCH3 is 1. The van der Waals surface area contributed by atoms with Gasteiger partial charge < -0.3 is 20.4 Å². The smallest absolute Gasteiger partial charge is 0.274 e. The highest BCUT2D eigenvalue weighted by atomic mass is 16.6. The molecule has 10 nitrogen and oxygen atoms in total. The number of non-ortho nitro benzene ring substituents is 1. The maximum absolute atomic E-state index is 10.9. The molecule has 124 valence electrons. The second-order valence-corrected chi connectivity index (χ2v) is 4.27. The molecule has 1 rings (SSSR count). The zero-order chi connectivity index (χ0) is 17.2. The fourth-order valence-corrected chi connectivity index (χ4v) is 1.62. The number of aromatic hydroxyl groups is 1. The van der Waals surface area contributed by atoms with Crippen molar-refractivity contribution >= 4 is 24.0 Å².